The highest BCUT2D eigenvalue weighted by atomic mass is 16.6. The molecule has 1 aliphatic rings. The first kappa shape index (κ1) is 19.4. The number of carbonyl (C=O) groups excluding carboxylic acids is 1. The monoisotopic (exact) mass is 392 g/mol. The Morgan fingerprint density at radius 3 is 2.41 bits per heavy atom. The lowest BCUT2D eigenvalue weighted by atomic mass is 10.1. The molecule has 2 heterocycles. The number of hydrogen-bond donors (Lipinski definition) is 0. The molecule has 0 spiro atoms. The summed E-state index contributed by atoms with van der Waals surface area (Å²) >= 11 is 0. The number of rotatable bonds is 2. The van der Waals surface area contributed by atoms with Gasteiger partial charge in [0.05, 0.1) is 5.52 Å². The normalized spacial score (nSPS) is 14.4. The topological polar surface area (TPSA) is 43.7 Å². The van der Waals surface area contributed by atoms with Crippen LogP contribution in [0, 0.1) is 0 Å². The Kier molecular flexibility index (Phi) is 4.99. The average Bonchev–Trinajstić information content (AvgIpc) is 2.82. The van der Waals surface area contributed by atoms with E-state index in [2.05, 4.69) is 23.7 Å². The van der Waals surface area contributed by atoms with Crippen LogP contribution in [0.2, 0.25) is 0 Å². The fourth-order valence-electron chi connectivity index (χ4n) is 3.94. The molecule has 1 aliphatic heterocycles. The molecule has 0 N–H and O–H groups in total. The molecule has 0 aliphatic carbocycles. The minimum absolute atomic E-state index is 0.229. The van der Waals surface area contributed by atoms with E-state index in [0.717, 1.165) is 29.9 Å². The zero-order chi connectivity index (χ0) is 20.6. The number of nitrogens with zero attached hydrogens (tertiary/aromatic N) is 2. The first-order valence-electron chi connectivity index (χ1n) is 10.1. The predicted molar refractivity (Wildman–Crippen MR) is 115 cm³/mol. The lowest BCUT2D eigenvalue weighted by molar-refractivity contribution is 0.0258. The molecule has 0 saturated heterocycles. The Hall–Kier alpha value is -2.95. The van der Waals surface area contributed by atoms with E-state index in [1.54, 1.807) is 0 Å². The van der Waals surface area contributed by atoms with Crippen LogP contribution in [0.25, 0.3) is 10.9 Å². The first-order valence-corrected chi connectivity index (χ1v) is 10.1. The van der Waals surface area contributed by atoms with Crippen molar-refractivity contribution in [1.29, 1.82) is 0 Å². The maximum Gasteiger partial charge on any atom is 0.410 e. The Morgan fingerprint density at radius 2 is 1.69 bits per heavy atom. The number of aryl methyl sites for hydroxylation is 1. The number of fused-ring (bicyclic) bond motifs is 3. The number of aromatic nitrogens is 1. The minimum Gasteiger partial charge on any atom is -0.457 e. The van der Waals surface area contributed by atoms with E-state index in [1.807, 2.05) is 62.1 Å². The summed E-state index contributed by atoms with van der Waals surface area (Å²) in [5.41, 5.74) is 3.29. The van der Waals surface area contributed by atoms with Gasteiger partial charge in [0.1, 0.15) is 17.1 Å². The van der Waals surface area contributed by atoms with Crippen LogP contribution in [0.4, 0.5) is 4.79 Å². The van der Waals surface area contributed by atoms with Gasteiger partial charge in [-0.05, 0) is 57.0 Å². The third-order valence-corrected chi connectivity index (χ3v) is 5.29. The molecule has 0 radical (unpaired) electrons. The highest BCUT2D eigenvalue weighted by Crippen LogP contribution is 2.32. The summed E-state index contributed by atoms with van der Waals surface area (Å²) in [4.78, 5) is 14.3. The number of ether oxygens (including phenoxy) is 2. The zero-order valence-corrected chi connectivity index (χ0v) is 17.6. The van der Waals surface area contributed by atoms with Gasteiger partial charge < -0.3 is 18.9 Å². The molecular weight excluding hydrogens is 364 g/mol. The molecule has 3 aromatic rings. The lowest BCUT2D eigenvalue weighted by Gasteiger charge is -2.26. The smallest absolute Gasteiger partial charge is 0.410 e. The molecule has 152 valence electrons. The van der Waals surface area contributed by atoms with E-state index < -0.39 is 5.60 Å². The van der Waals surface area contributed by atoms with Gasteiger partial charge >= 0.3 is 6.09 Å². The second-order valence-electron chi connectivity index (χ2n) is 8.55. The highest BCUT2D eigenvalue weighted by Gasteiger charge is 2.26. The van der Waals surface area contributed by atoms with Crippen LogP contribution in [0.15, 0.2) is 48.5 Å². The van der Waals surface area contributed by atoms with Crippen LogP contribution < -0.4 is 4.74 Å². The van der Waals surface area contributed by atoms with E-state index in [-0.39, 0.29) is 6.09 Å². The van der Waals surface area contributed by atoms with E-state index in [1.165, 1.54) is 16.6 Å². The van der Waals surface area contributed by atoms with Gasteiger partial charge in [-0.2, -0.15) is 0 Å². The van der Waals surface area contributed by atoms with Gasteiger partial charge in [0.25, 0.3) is 0 Å². The number of amides is 1. The van der Waals surface area contributed by atoms with E-state index in [9.17, 15) is 4.79 Å². The first-order chi connectivity index (χ1) is 13.8. The van der Waals surface area contributed by atoms with E-state index in [0.29, 0.717) is 13.1 Å². The maximum absolute atomic E-state index is 12.5. The van der Waals surface area contributed by atoms with E-state index in [4.69, 9.17) is 9.47 Å². The molecule has 5 heteroatoms. The number of hydrogen-bond acceptors (Lipinski definition) is 3. The molecule has 4 rings (SSSR count). The second-order valence-corrected chi connectivity index (χ2v) is 8.55. The van der Waals surface area contributed by atoms with Crippen molar-refractivity contribution in [2.75, 3.05) is 13.1 Å². The predicted octanol–water partition coefficient (Wildman–Crippen LogP) is 5.31. The molecule has 29 heavy (non-hydrogen) atoms. The Bertz CT molecular complexity index is 1030. The van der Waals surface area contributed by atoms with E-state index >= 15 is 0 Å². The van der Waals surface area contributed by atoms with Crippen molar-refractivity contribution in [3.8, 4) is 11.5 Å². The van der Waals surface area contributed by atoms with Gasteiger partial charge in [-0.15, -0.1) is 0 Å². The van der Waals surface area contributed by atoms with Crippen LogP contribution in [0.3, 0.4) is 0 Å². The van der Waals surface area contributed by atoms with Crippen LogP contribution in [-0.2, 0) is 24.6 Å². The molecule has 0 saturated carbocycles. The second kappa shape index (κ2) is 7.47. The molecular formula is C24H28N2O3. The lowest BCUT2D eigenvalue weighted by Crippen LogP contribution is -2.38. The Labute approximate surface area is 171 Å². The SMILES string of the molecule is Cn1c2c(c3ccc(Oc4ccccc4)cc31)CCN(C(=O)OC(C)(C)C)CC2. The quantitative estimate of drug-likeness (QED) is 0.594. The van der Waals surface area contributed by atoms with Crippen LogP contribution in [0.1, 0.15) is 32.0 Å². The highest BCUT2D eigenvalue weighted by molar-refractivity contribution is 5.87. The van der Waals surface area contributed by atoms with Gasteiger partial charge in [-0.25, -0.2) is 4.79 Å². The molecule has 1 aromatic heterocycles. The van der Waals surface area contributed by atoms with Crippen LogP contribution in [-0.4, -0.2) is 34.3 Å². The molecule has 0 bridgehead atoms. The molecule has 2 aromatic carbocycles. The molecule has 0 atom stereocenters. The molecule has 1 amide bonds. The fourth-order valence-corrected chi connectivity index (χ4v) is 3.94. The third-order valence-electron chi connectivity index (χ3n) is 5.29. The standard InChI is InChI=1S/C24H28N2O3/c1-24(2,3)29-23(27)26-14-12-20-19-11-10-18(28-17-8-6-5-7-9-17)16-22(19)25(4)21(20)13-15-26/h5-11,16H,12-15H2,1-4H3. The summed E-state index contributed by atoms with van der Waals surface area (Å²) in [5.74, 6) is 1.66. The summed E-state index contributed by atoms with van der Waals surface area (Å²) < 4.78 is 13.8. The number of para-hydroxylation sites is 1. The van der Waals surface area contributed by atoms with Crippen LogP contribution in [0.5, 0.6) is 11.5 Å². The molecule has 0 fully saturated rings. The van der Waals surface area contributed by atoms with Crippen molar-refractivity contribution in [2.45, 2.75) is 39.2 Å². The summed E-state index contributed by atoms with van der Waals surface area (Å²) in [6.45, 7) is 7.04. The van der Waals surface area contributed by atoms with Crippen molar-refractivity contribution in [2.24, 2.45) is 7.05 Å². The Morgan fingerprint density at radius 1 is 0.966 bits per heavy atom. The van der Waals surface area contributed by atoms with Gasteiger partial charge in [-0.3, -0.25) is 0 Å². The summed E-state index contributed by atoms with van der Waals surface area (Å²) in [7, 11) is 2.09. The van der Waals surface area contributed by atoms with Gasteiger partial charge in [0.15, 0.2) is 0 Å². The van der Waals surface area contributed by atoms with Crippen molar-refractivity contribution in [3.05, 3.63) is 59.8 Å². The van der Waals surface area contributed by atoms with Crippen LogP contribution >= 0.6 is 0 Å². The van der Waals surface area contributed by atoms with Gasteiger partial charge in [0.2, 0.25) is 0 Å². The molecule has 0 unspecified atom stereocenters. The van der Waals surface area contributed by atoms with Crippen molar-refractivity contribution in [3.63, 3.8) is 0 Å². The average molecular weight is 392 g/mol. The zero-order valence-electron chi connectivity index (χ0n) is 17.6. The van der Waals surface area contributed by atoms with Gasteiger partial charge in [-0.1, -0.05) is 18.2 Å². The summed E-state index contributed by atoms with van der Waals surface area (Å²) in [6.07, 6.45) is 1.41. The van der Waals surface area contributed by atoms with Crippen molar-refractivity contribution < 1.29 is 14.3 Å². The summed E-state index contributed by atoms with van der Waals surface area (Å²) in [6, 6.07) is 16.1. The summed E-state index contributed by atoms with van der Waals surface area (Å²) in [5, 5.41) is 1.23. The largest absolute Gasteiger partial charge is 0.457 e. The third kappa shape index (κ3) is 4.09. The maximum atomic E-state index is 12.5. The number of benzene rings is 2. The van der Waals surface area contributed by atoms with Crippen molar-refractivity contribution >= 4 is 17.0 Å². The number of carbonyl (C=O) groups is 1. The Balaban J connectivity index is 1.58. The molecule has 5 nitrogen and oxygen atoms in total. The fraction of sp³-hybridized carbons (Fsp3) is 0.375. The van der Waals surface area contributed by atoms with Crippen molar-refractivity contribution in [1.82, 2.24) is 9.47 Å². The minimum atomic E-state index is -0.474. The van der Waals surface area contributed by atoms with Gasteiger partial charge in [0, 0.05) is 43.7 Å².